The van der Waals surface area contributed by atoms with Gasteiger partial charge in [0.15, 0.2) is 5.75 Å². The molecule has 3 aromatic rings. The number of hydrogen-bond acceptors (Lipinski definition) is 3. The van der Waals surface area contributed by atoms with E-state index in [9.17, 15) is 4.79 Å². The van der Waals surface area contributed by atoms with Crippen molar-refractivity contribution in [2.24, 2.45) is 0 Å². The van der Waals surface area contributed by atoms with Crippen molar-refractivity contribution >= 4 is 0 Å². The number of aromatic nitrogens is 1. The van der Waals surface area contributed by atoms with Gasteiger partial charge < -0.3 is 9.30 Å². The van der Waals surface area contributed by atoms with Crippen LogP contribution in [0.4, 0.5) is 0 Å². The van der Waals surface area contributed by atoms with Crippen LogP contribution in [-0.4, -0.2) is 16.0 Å². The predicted molar refractivity (Wildman–Crippen MR) is 123 cm³/mol. The van der Waals surface area contributed by atoms with E-state index in [1.165, 1.54) is 16.8 Å². The van der Waals surface area contributed by atoms with Gasteiger partial charge in [-0.3, -0.25) is 9.69 Å². The van der Waals surface area contributed by atoms with Gasteiger partial charge in [0.05, 0.1) is 6.20 Å². The van der Waals surface area contributed by atoms with E-state index < -0.39 is 0 Å². The van der Waals surface area contributed by atoms with Crippen LogP contribution in [0.5, 0.6) is 5.75 Å². The molecule has 1 aromatic heterocycles. The van der Waals surface area contributed by atoms with Crippen LogP contribution >= 0.6 is 0 Å². The quantitative estimate of drug-likeness (QED) is 0.552. The minimum absolute atomic E-state index is 0.0961. The molecule has 31 heavy (non-hydrogen) atoms. The Hall–Kier alpha value is -2.85. The van der Waals surface area contributed by atoms with Crippen LogP contribution in [-0.2, 0) is 32.7 Å². The monoisotopic (exact) mass is 414 g/mol. The summed E-state index contributed by atoms with van der Waals surface area (Å²) in [6.07, 6.45) is 5.24. The molecule has 4 heteroatoms. The predicted octanol–water partition coefficient (Wildman–Crippen LogP) is 4.88. The number of ether oxygens (including phenoxy) is 1. The standard InChI is InChI=1S/C27H30N2O2/c1-2-20-8-10-21(11-9-20)16-28-14-15-29-18-25(31-19-22-6-4-3-5-7-22)27(30)26(23-12-13-23)24(29)17-28/h3-11,18,23H,2,12-17,19H2,1H3. The highest BCUT2D eigenvalue weighted by Crippen LogP contribution is 2.41. The summed E-state index contributed by atoms with van der Waals surface area (Å²) < 4.78 is 8.27. The van der Waals surface area contributed by atoms with Crippen molar-refractivity contribution in [2.45, 2.75) is 58.3 Å². The highest BCUT2D eigenvalue weighted by molar-refractivity contribution is 5.37. The summed E-state index contributed by atoms with van der Waals surface area (Å²) in [5.74, 6) is 0.899. The van der Waals surface area contributed by atoms with Gasteiger partial charge in [0.1, 0.15) is 6.61 Å². The Morgan fingerprint density at radius 3 is 2.39 bits per heavy atom. The van der Waals surface area contributed by atoms with Crippen LogP contribution in [0.2, 0.25) is 0 Å². The van der Waals surface area contributed by atoms with Crippen LogP contribution in [0.25, 0.3) is 0 Å². The van der Waals surface area contributed by atoms with E-state index in [1.54, 1.807) is 0 Å². The van der Waals surface area contributed by atoms with Crippen LogP contribution in [0, 0.1) is 0 Å². The Labute approximate surface area is 184 Å². The normalized spacial score (nSPS) is 16.2. The molecule has 0 unspecified atom stereocenters. The van der Waals surface area contributed by atoms with E-state index in [2.05, 4.69) is 40.7 Å². The van der Waals surface area contributed by atoms with Crippen molar-refractivity contribution in [3.05, 3.63) is 99.0 Å². The molecule has 1 aliphatic carbocycles. The maximum absolute atomic E-state index is 13.3. The molecule has 2 heterocycles. The summed E-state index contributed by atoms with van der Waals surface area (Å²) in [5, 5.41) is 0. The molecule has 0 amide bonds. The maximum atomic E-state index is 13.3. The average molecular weight is 415 g/mol. The third-order valence-corrected chi connectivity index (χ3v) is 6.49. The molecule has 0 radical (unpaired) electrons. The van der Waals surface area contributed by atoms with Gasteiger partial charge in [0.25, 0.3) is 0 Å². The molecule has 0 spiro atoms. The highest BCUT2D eigenvalue weighted by atomic mass is 16.5. The Kier molecular flexibility index (Phi) is 5.65. The molecule has 0 saturated heterocycles. The van der Waals surface area contributed by atoms with Crippen LogP contribution in [0.3, 0.4) is 0 Å². The first-order valence-corrected chi connectivity index (χ1v) is 11.4. The summed E-state index contributed by atoms with van der Waals surface area (Å²) in [6.45, 7) is 6.24. The number of pyridine rings is 1. The molecule has 0 bridgehead atoms. The summed E-state index contributed by atoms with van der Waals surface area (Å²) in [7, 11) is 0. The molecular formula is C27H30N2O2. The second-order valence-corrected chi connectivity index (χ2v) is 8.81. The van der Waals surface area contributed by atoms with Crippen molar-refractivity contribution < 1.29 is 4.74 Å². The maximum Gasteiger partial charge on any atom is 0.227 e. The second-order valence-electron chi connectivity index (χ2n) is 8.81. The smallest absolute Gasteiger partial charge is 0.227 e. The number of nitrogens with zero attached hydrogens (tertiary/aromatic N) is 2. The molecule has 1 fully saturated rings. The van der Waals surface area contributed by atoms with Crippen molar-refractivity contribution in [2.75, 3.05) is 6.54 Å². The minimum atomic E-state index is 0.0961. The van der Waals surface area contributed by atoms with Gasteiger partial charge in [-0.2, -0.15) is 0 Å². The fourth-order valence-corrected chi connectivity index (χ4v) is 4.52. The number of aryl methyl sites for hydroxylation is 1. The molecule has 5 rings (SSSR count). The van der Waals surface area contributed by atoms with Gasteiger partial charge in [-0.05, 0) is 41.9 Å². The largest absolute Gasteiger partial charge is 0.483 e. The van der Waals surface area contributed by atoms with Gasteiger partial charge in [0, 0.05) is 37.4 Å². The Balaban J connectivity index is 1.37. The van der Waals surface area contributed by atoms with E-state index in [-0.39, 0.29) is 5.43 Å². The fourth-order valence-electron chi connectivity index (χ4n) is 4.52. The SMILES string of the molecule is CCc1ccc(CN2CCn3cc(OCc4ccccc4)c(=O)c(C4CC4)c3C2)cc1. The van der Waals surface area contributed by atoms with Gasteiger partial charge in [0.2, 0.25) is 5.43 Å². The minimum Gasteiger partial charge on any atom is -0.483 e. The molecule has 1 aliphatic heterocycles. The second kappa shape index (κ2) is 8.72. The zero-order valence-electron chi connectivity index (χ0n) is 18.2. The van der Waals surface area contributed by atoms with Crippen LogP contribution in [0.1, 0.15) is 53.6 Å². The molecule has 0 atom stereocenters. The Bertz CT molecular complexity index is 1100. The molecule has 2 aliphatic rings. The van der Waals surface area contributed by atoms with E-state index in [1.807, 2.05) is 36.5 Å². The zero-order valence-corrected chi connectivity index (χ0v) is 18.2. The molecule has 160 valence electrons. The first kappa shape index (κ1) is 20.1. The lowest BCUT2D eigenvalue weighted by molar-refractivity contribution is 0.207. The molecular weight excluding hydrogens is 384 g/mol. The molecule has 2 aromatic carbocycles. The number of benzene rings is 2. The van der Waals surface area contributed by atoms with E-state index in [4.69, 9.17) is 4.74 Å². The zero-order chi connectivity index (χ0) is 21.2. The lowest BCUT2D eigenvalue weighted by Crippen LogP contribution is -2.36. The first-order chi connectivity index (χ1) is 15.2. The lowest BCUT2D eigenvalue weighted by atomic mass is 10.0. The third-order valence-electron chi connectivity index (χ3n) is 6.49. The Morgan fingerprint density at radius 1 is 0.935 bits per heavy atom. The lowest BCUT2D eigenvalue weighted by Gasteiger charge is -2.32. The summed E-state index contributed by atoms with van der Waals surface area (Å²) in [5.41, 5.74) is 6.08. The van der Waals surface area contributed by atoms with E-state index >= 15 is 0 Å². The van der Waals surface area contributed by atoms with Crippen molar-refractivity contribution in [3.8, 4) is 5.75 Å². The Morgan fingerprint density at radius 2 is 1.68 bits per heavy atom. The van der Waals surface area contributed by atoms with Crippen LogP contribution in [0.15, 0.2) is 65.6 Å². The number of hydrogen-bond donors (Lipinski definition) is 0. The molecule has 1 saturated carbocycles. The first-order valence-electron chi connectivity index (χ1n) is 11.4. The molecule has 4 nitrogen and oxygen atoms in total. The highest BCUT2D eigenvalue weighted by Gasteiger charge is 2.33. The van der Waals surface area contributed by atoms with E-state index in [0.717, 1.165) is 56.6 Å². The van der Waals surface area contributed by atoms with Crippen LogP contribution < -0.4 is 10.2 Å². The van der Waals surface area contributed by atoms with Crippen molar-refractivity contribution in [1.82, 2.24) is 9.47 Å². The van der Waals surface area contributed by atoms with Gasteiger partial charge in [-0.15, -0.1) is 0 Å². The average Bonchev–Trinajstić information content (AvgIpc) is 3.64. The van der Waals surface area contributed by atoms with E-state index in [0.29, 0.717) is 18.3 Å². The summed E-state index contributed by atoms with van der Waals surface area (Å²) >= 11 is 0. The third kappa shape index (κ3) is 4.45. The molecule has 0 N–H and O–H groups in total. The summed E-state index contributed by atoms with van der Waals surface area (Å²) in [6, 6.07) is 19.0. The van der Waals surface area contributed by atoms with Gasteiger partial charge in [-0.1, -0.05) is 61.5 Å². The topological polar surface area (TPSA) is 34.5 Å². The summed E-state index contributed by atoms with van der Waals surface area (Å²) in [4.78, 5) is 15.8. The number of fused-ring (bicyclic) bond motifs is 1. The van der Waals surface area contributed by atoms with Crippen molar-refractivity contribution in [3.63, 3.8) is 0 Å². The van der Waals surface area contributed by atoms with Crippen molar-refractivity contribution in [1.29, 1.82) is 0 Å². The number of rotatable bonds is 7. The fraction of sp³-hybridized carbons (Fsp3) is 0.370. The van der Waals surface area contributed by atoms with Gasteiger partial charge in [-0.25, -0.2) is 0 Å². The van der Waals surface area contributed by atoms with Gasteiger partial charge >= 0.3 is 0 Å².